The van der Waals surface area contributed by atoms with E-state index >= 15 is 0 Å². The molecular formula is C66H126. The molecule has 0 heteroatoms. The van der Waals surface area contributed by atoms with Gasteiger partial charge in [0.2, 0.25) is 0 Å². The van der Waals surface area contributed by atoms with Crippen molar-refractivity contribution in [2.75, 3.05) is 0 Å². The Labute approximate surface area is 419 Å². The standard InChI is InChI=1S/C66H126/c1-3-5-7-9-11-13-15-17-19-21-23-25-27-29-31-33-35-37-39-41-43-45-47-49-51-53-55-57-59-65-61-63-66(64-62-65)60-58-56-54-52-50-48-46-44-42-40-38-36-34-32-30-28-26-24-22-20-18-16-14-12-10-8-6-4-2/h61-64H,3-60H2,1-2H3. The molecule has 0 aliphatic carbocycles. The van der Waals surface area contributed by atoms with E-state index in [9.17, 15) is 0 Å². The van der Waals surface area contributed by atoms with Crippen molar-refractivity contribution in [3.05, 3.63) is 35.4 Å². The summed E-state index contributed by atoms with van der Waals surface area (Å²) < 4.78 is 0. The molecule has 0 saturated heterocycles. The molecular weight excluding hydrogens is 793 g/mol. The van der Waals surface area contributed by atoms with E-state index in [-0.39, 0.29) is 0 Å². The second-order valence-electron chi connectivity index (χ2n) is 22.4. The molecule has 0 bridgehead atoms. The molecule has 1 aromatic rings. The second kappa shape index (κ2) is 56.8. The van der Waals surface area contributed by atoms with Gasteiger partial charge in [0.15, 0.2) is 0 Å². The van der Waals surface area contributed by atoms with Gasteiger partial charge in [-0.25, -0.2) is 0 Å². The third-order valence-electron chi connectivity index (χ3n) is 15.7. The Kier molecular flexibility index (Phi) is 54.4. The van der Waals surface area contributed by atoms with Crippen molar-refractivity contribution in [1.82, 2.24) is 0 Å². The molecule has 0 radical (unpaired) electrons. The Morgan fingerprint density at radius 3 is 0.379 bits per heavy atom. The van der Waals surface area contributed by atoms with E-state index < -0.39 is 0 Å². The highest BCUT2D eigenvalue weighted by Crippen LogP contribution is 2.20. The lowest BCUT2D eigenvalue weighted by Gasteiger charge is -2.06. The molecule has 390 valence electrons. The fourth-order valence-corrected chi connectivity index (χ4v) is 10.9. The summed E-state index contributed by atoms with van der Waals surface area (Å²) >= 11 is 0. The Morgan fingerprint density at radius 1 is 0.152 bits per heavy atom. The van der Waals surface area contributed by atoms with Crippen LogP contribution < -0.4 is 0 Å². The van der Waals surface area contributed by atoms with Gasteiger partial charge in [-0.05, 0) is 36.8 Å². The SMILES string of the molecule is CCCCCCCCCCCCCCCCCCCCCCCCCCCCCCc1ccc(CCCCCCCCCCCCCCCCCCCCCCCCCCCCCC)cc1. The zero-order valence-electron chi connectivity index (χ0n) is 46.3. The van der Waals surface area contributed by atoms with E-state index in [1.165, 1.54) is 372 Å². The van der Waals surface area contributed by atoms with Gasteiger partial charge in [0, 0.05) is 0 Å². The van der Waals surface area contributed by atoms with Gasteiger partial charge in [0.25, 0.3) is 0 Å². The molecule has 0 nitrogen and oxygen atoms in total. The maximum atomic E-state index is 2.43. The molecule has 0 heterocycles. The molecule has 1 rings (SSSR count). The summed E-state index contributed by atoms with van der Waals surface area (Å²) in [5.74, 6) is 0. The highest BCUT2D eigenvalue weighted by molar-refractivity contribution is 5.22. The topological polar surface area (TPSA) is 0 Å². The summed E-state index contributed by atoms with van der Waals surface area (Å²) in [6, 6.07) is 9.71. The van der Waals surface area contributed by atoms with Gasteiger partial charge >= 0.3 is 0 Å². The van der Waals surface area contributed by atoms with Crippen LogP contribution in [-0.2, 0) is 12.8 Å². The minimum atomic E-state index is 1.28. The van der Waals surface area contributed by atoms with Crippen LogP contribution in [0.15, 0.2) is 24.3 Å². The molecule has 0 aromatic heterocycles. The van der Waals surface area contributed by atoms with E-state index in [2.05, 4.69) is 38.1 Å². The minimum absolute atomic E-state index is 1.28. The van der Waals surface area contributed by atoms with Crippen LogP contribution in [0.5, 0.6) is 0 Å². The first-order chi connectivity index (χ1) is 32.9. The predicted molar refractivity (Wildman–Crippen MR) is 304 cm³/mol. The predicted octanol–water partition coefficient (Wildman–Crippen LogP) is 24.7. The largest absolute Gasteiger partial charge is 0.0654 e. The maximum Gasteiger partial charge on any atom is -0.0279 e. The molecule has 1 aromatic carbocycles. The van der Waals surface area contributed by atoms with E-state index in [1.807, 2.05) is 0 Å². The van der Waals surface area contributed by atoms with E-state index in [1.54, 1.807) is 11.1 Å². The Bertz CT molecular complexity index is 895. The maximum absolute atomic E-state index is 2.43. The van der Waals surface area contributed by atoms with Gasteiger partial charge in [-0.15, -0.1) is 0 Å². The van der Waals surface area contributed by atoms with Crippen molar-refractivity contribution in [1.29, 1.82) is 0 Å². The Hall–Kier alpha value is -0.780. The van der Waals surface area contributed by atoms with Gasteiger partial charge in [0.05, 0.1) is 0 Å². The number of aryl methyl sites for hydroxylation is 2. The lowest BCUT2D eigenvalue weighted by molar-refractivity contribution is 0.514. The van der Waals surface area contributed by atoms with Gasteiger partial charge in [-0.2, -0.15) is 0 Å². The average molecular weight is 920 g/mol. The van der Waals surface area contributed by atoms with Crippen molar-refractivity contribution in [3.8, 4) is 0 Å². The Balaban J connectivity index is 1.71. The molecule has 0 saturated carbocycles. The summed E-state index contributed by atoms with van der Waals surface area (Å²) in [5, 5.41) is 0. The van der Waals surface area contributed by atoms with Crippen LogP contribution in [0.2, 0.25) is 0 Å². The van der Waals surface area contributed by atoms with Crippen molar-refractivity contribution in [2.45, 2.75) is 386 Å². The van der Waals surface area contributed by atoms with Gasteiger partial charge < -0.3 is 0 Å². The van der Waals surface area contributed by atoms with Crippen LogP contribution in [0, 0.1) is 0 Å². The monoisotopic (exact) mass is 919 g/mol. The number of hydrogen-bond donors (Lipinski definition) is 0. The third kappa shape index (κ3) is 51.1. The lowest BCUT2D eigenvalue weighted by Crippen LogP contribution is -1.90. The third-order valence-corrected chi connectivity index (χ3v) is 15.7. The Morgan fingerprint density at radius 2 is 0.258 bits per heavy atom. The summed E-state index contributed by atoms with van der Waals surface area (Å²) in [6.45, 7) is 4.63. The molecule has 0 spiro atoms. The zero-order chi connectivity index (χ0) is 47.0. The summed E-state index contributed by atoms with van der Waals surface area (Å²) in [6.07, 6.45) is 84.9. The molecule has 0 atom stereocenters. The van der Waals surface area contributed by atoms with Crippen molar-refractivity contribution < 1.29 is 0 Å². The lowest BCUT2D eigenvalue weighted by atomic mass is 10.0. The van der Waals surface area contributed by atoms with Crippen molar-refractivity contribution >= 4 is 0 Å². The summed E-state index contributed by atoms with van der Waals surface area (Å²) in [7, 11) is 0. The first-order valence-electron chi connectivity index (χ1n) is 31.9. The highest BCUT2D eigenvalue weighted by Gasteiger charge is 2.01. The van der Waals surface area contributed by atoms with Gasteiger partial charge in [0.1, 0.15) is 0 Å². The number of benzene rings is 1. The highest BCUT2D eigenvalue weighted by atomic mass is 14.1. The minimum Gasteiger partial charge on any atom is -0.0654 e. The fourth-order valence-electron chi connectivity index (χ4n) is 10.9. The number of unbranched alkanes of at least 4 members (excludes halogenated alkanes) is 54. The fraction of sp³-hybridized carbons (Fsp3) is 0.909. The molecule has 0 unspecified atom stereocenters. The van der Waals surface area contributed by atoms with Crippen molar-refractivity contribution in [2.24, 2.45) is 0 Å². The van der Waals surface area contributed by atoms with E-state index in [4.69, 9.17) is 0 Å². The van der Waals surface area contributed by atoms with Gasteiger partial charge in [-0.3, -0.25) is 0 Å². The van der Waals surface area contributed by atoms with E-state index in [0.717, 1.165) is 0 Å². The average Bonchev–Trinajstić information content (AvgIpc) is 3.33. The molecule has 0 fully saturated rings. The second-order valence-corrected chi connectivity index (χ2v) is 22.4. The molecule has 66 heavy (non-hydrogen) atoms. The van der Waals surface area contributed by atoms with Crippen LogP contribution in [-0.4, -0.2) is 0 Å². The zero-order valence-corrected chi connectivity index (χ0v) is 46.3. The van der Waals surface area contributed by atoms with Crippen LogP contribution in [0.1, 0.15) is 385 Å². The van der Waals surface area contributed by atoms with Crippen LogP contribution in [0.3, 0.4) is 0 Å². The van der Waals surface area contributed by atoms with Crippen LogP contribution in [0.4, 0.5) is 0 Å². The molecule has 0 N–H and O–H groups in total. The van der Waals surface area contributed by atoms with E-state index in [0.29, 0.717) is 0 Å². The molecule has 0 aliphatic rings. The first-order valence-corrected chi connectivity index (χ1v) is 31.9. The van der Waals surface area contributed by atoms with Crippen LogP contribution in [0.25, 0.3) is 0 Å². The normalized spacial score (nSPS) is 11.7. The number of hydrogen-bond acceptors (Lipinski definition) is 0. The molecule has 0 aliphatic heterocycles. The van der Waals surface area contributed by atoms with Crippen LogP contribution >= 0.6 is 0 Å². The van der Waals surface area contributed by atoms with Gasteiger partial charge in [-0.1, -0.05) is 385 Å². The molecule has 0 amide bonds. The summed E-state index contributed by atoms with van der Waals surface area (Å²) in [4.78, 5) is 0. The number of rotatable bonds is 58. The quantitative estimate of drug-likeness (QED) is 0.0571. The van der Waals surface area contributed by atoms with Crippen molar-refractivity contribution in [3.63, 3.8) is 0 Å². The summed E-state index contributed by atoms with van der Waals surface area (Å²) in [5.41, 5.74) is 3.12. The first kappa shape index (κ1) is 63.2. The smallest absolute Gasteiger partial charge is 0.0279 e.